The van der Waals surface area contributed by atoms with Crippen molar-refractivity contribution in [3.63, 3.8) is 0 Å². The molecular formula is C19H18N6O. The Morgan fingerprint density at radius 3 is 2.85 bits per heavy atom. The summed E-state index contributed by atoms with van der Waals surface area (Å²) in [5.74, 6) is 0.431. The van der Waals surface area contributed by atoms with E-state index in [0.29, 0.717) is 16.9 Å². The molecule has 4 aromatic rings. The first-order valence-electron chi connectivity index (χ1n) is 8.20. The number of amides is 1. The lowest BCUT2D eigenvalue weighted by molar-refractivity contribution is 0.102. The lowest BCUT2D eigenvalue weighted by Crippen LogP contribution is -2.16. The third kappa shape index (κ3) is 2.59. The van der Waals surface area contributed by atoms with Gasteiger partial charge in [-0.25, -0.2) is 9.20 Å². The fourth-order valence-corrected chi connectivity index (χ4v) is 2.97. The fourth-order valence-electron chi connectivity index (χ4n) is 2.97. The van der Waals surface area contributed by atoms with Crippen LogP contribution in [0.25, 0.3) is 11.2 Å². The standard InChI is InChI=1S/C19H18N6O/c1-12-6-7-13(2)15(11-12)25-16(8-9-21-25)22-19(26)17-14-5-3-4-10-24(14)23-18(17)20/h3-11H,1-2H3,(H2,20,23)(H,22,26). The van der Waals surface area contributed by atoms with Crippen LogP contribution >= 0.6 is 0 Å². The molecule has 0 unspecified atom stereocenters. The molecule has 7 nitrogen and oxygen atoms in total. The molecule has 26 heavy (non-hydrogen) atoms. The van der Waals surface area contributed by atoms with Gasteiger partial charge in [-0.3, -0.25) is 4.79 Å². The van der Waals surface area contributed by atoms with Gasteiger partial charge in [-0.2, -0.15) is 5.10 Å². The Bertz CT molecular complexity index is 1120. The molecule has 0 atom stereocenters. The fraction of sp³-hybridized carbons (Fsp3) is 0.105. The number of nitrogen functional groups attached to an aromatic ring is 1. The zero-order valence-electron chi connectivity index (χ0n) is 14.5. The average molecular weight is 346 g/mol. The van der Waals surface area contributed by atoms with Crippen molar-refractivity contribution in [2.24, 2.45) is 0 Å². The molecule has 0 spiro atoms. The number of rotatable bonds is 3. The minimum absolute atomic E-state index is 0.187. The molecule has 0 aliphatic rings. The van der Waals surface area contributed by atoms with Crippen molar-refractivity contribution in [2.75, 3.05) is 11.1 Å². The minimum atomic E-state index is -0.323. The van der Waals surface area contributed by atoms with E-state index >= 15 is 0 Å². The van der Waals surface area contributed by atoms with Gasteiger partial charge in [-0.05, 0) is 43.2 Å². The van der Waals surface area contributed by atoms with Crippen LogP contribution in [0.4, 0.5) is 11.6 Å². The second-order valence-corrected chi connectivity index (χ2v) is 6.16. The van der Waals surface area contributed by atoms with Gasteiger partial charge in [0, 0.05) is 12.3 Å². The van der Waals surface area contributed by atoms with Crippen LogP contribution < -0.4 is 11.1 Å². The minimum Gasteiger partial charge on any atom is -0.382 e. The molecule has 0 bridgehead atoms. The van der Waals surface area contributed by atoms with E-state index in [0.717, 1.165) is 16.8 Å². The summed E-state index contributed by atoms with van der Waals surface area (Å²) in [5, 5.41) is 11.4. The largest absolute Gasteiger partial charge is 0.382 e. The van der Waals surface area contributed by atoms with Gasteiger partial charge in [0.15, 0.2) is 5.82 Å². The maximum Gasteiger partial charge on any atom is 0.262 e. The Balaban J connectivity index is 1.73. The third-order valence-electron chi connectivity index (χ3n) is 4.27. The monoisotopic (exact) mass is 346 g/mol. The Hall–Kier alpha value is -3.61. The van der Waals surface area contributed by atoms with Crippen molar-refractivity contribution >= 4 is 23.1 Å². The Morgan fingerprint density at radius 1 is 1.15 bits per heavy atom. The molecule has 1 aromatic carbocycles. The molecular weight excluding hydrogens is 328 g/mol. The number of carbonyl (C=O) groups is 1. The highest BCUT2D eigenvalue weighted by atomic mass is 16.1. The van der Waals surface area contributed by atoms with Crippen molar-refractivity contribution in [3.8, 4) is 5.69 Å². The summed E-state index contributed by atoms with van der Waals surface area (Å²) >= 11 is 0. The van der Waals surface area contributed by atoms with Crippen LogP contribution in [0, 0.1) is 13.8 Å². The van der Waals surface area contributed by atoms with Crippen LogP contribution in [0.15, 0.2) is 54.9 Å². The summed E-state index contributed by atoms with van der Waals surface area (Å²) in [4.78, 5) is 12.9. The van der Waals surface area contributed by atoms with Gasteiger partial charge in [0.2, 0.25) is 0 Å². The highest BCUT2D eigenvalue weighted by molar-refractivity contribution is 6.12. The van der Waals surface area contributed by atoms with Gasteiger partial charge >= 0.3 is 0 Å². The van der Waals surface area contributed by atoms with E-state index in [1.165, 1.54) is 0 Å². The number of benzene rings is 1. The van der Waals surface area contributed by atoms with Crippen LogP contribution in [0.1, 0.15) is 21.5 Å². The van der Waals surface area contributed by atoms with Crippen molar-refractivity contribution < 1.29 is 4.79 Å². The molecule has 130 valence electrons. The van der Waals surface area contributed by atoms with Crippen molar-refractivity contribution in [2.45, 2.75) is 13.8 Å². The van der Waals surface area contributed by atoms with E-state index in [4.69, 9.17) is 5.73 Å². The number of fused-ring (bicyclic) bond motifs is 1. The van der Waals surface area contributed by atoms with Crippen molar-refractivity contribution in [3.05, 3.63) is 71.5 Å². The second kappa shape index (κ2) is 6.03. The van der Waals surface area contributed by atoms with Crippen LogP contribution in [-0.2, 0) is 0 Å². The smallest absolute Gasteiger partial charge is 0.262 e. The lowest BCUT2D eigenvalue weighted by atomic mass is 10.1. The Labute approximate surface area is 150 Å². The molecule has 7 heteroatoms. The first kappa shape index (κ1) is 15.9. The van der Waals surface area contributed by atoms with E-state index in [1.54, 1.807) is 33.7 Å². The summed E-state index contributed by atoms with van der Waals surface area (Å²) in [5.41, 5.74) is 10.1. The van der Waals surface area contributed by atoms with Crippen LogP contribution in [-0.4, -0.2) is 25.3 Å². The van der Waals surface area contributed by atoms with Gasteiger partial charge in [0.1, 0.15) is 11.4 Å². The summed E-state index contributed by atoms with van der Waals surface area (Å²) in [7, 11) is 0. The molecule has 0 radical (unpaired) electrons. The Kier molecular flexibility index (Phi) is 3.69. The normalized spacial score (nSPS) is 11.0. The summed E-state index contributed by atoms with van der Waals surface area (Å²) in [6, 6.07) is 13.3. The van der Waals surface area contributed by atoms with Gasteiger partial charge in [-0.15, -0.1) is 5.10 Å². The predicted octanol–water partition coefficient (Wildman–Crippen LogP) is 2.97. The number of anilines is 2. The SMILES string of the molecule is Cc1ccc(C)c(-n2nccc2NC(=O)c2c(N)nn3ccccc23)c1. The maximum atomic E-state index is 12.9. The number of hydrogen-bond donors (Lipinski definition) is 2. The van der Waals surface area contributed by atoms with Crippen molar-refractivity contribution in [1.29, 1.82) is 0 Å². The van der Waals surface area contributed by atoms with Crippen LogP contribution in [0.2, 0.25) is 0 Å². The quantitative estimate of drug-likeness (QED) is 0.597. The third-order valence-corrected chi connectivity index (χ3v) is 4.27. The molecule has 0 saturated heterocycles. The second-order valence-electron chi connectivity index (χ2n) is 6.16. The number of nitrogens with one attached hydrogen (secondary N) is 1. The molecule has 0 fully saturated rings. The molecule has 4 rings (SSSR count). The zero-order valence-corrected chi connectivity index (χ0v) is 14.5. The summed E-state index contributed by atoms with van der Waals surface area (Å²) in [6.45, 7) is 4.02. The average Bonchev–Trinajstić information content (AvgIpc) is 3.20. The maximum absolute atomic E-state index is 12.9. The topological polar surface area (TPSA) is 90.2 Å². The number of pyridine rings is 1. The molecule has 0 aliphatic heterocycles. The number of hydrogen-bond acceptors (Lipinski definition) is 4. The molecule has 0 saturated carbocycles. The first-order valence-corrected chi connectivity index (χ1v) is 8.20. The van der Waals surface area contributed by atoms with Gasteiger partial charge in [-0.1, -0.05) is 18.2 Å². The van der Waals surface area contributed by atoms with Gasteiger partial charge in [0.25, 0.3) is 5.91 Å². The molecule has 3 aromatic heterocycles. The summed E-state index contributed by atoms with van der Waals surface area (Å²) in [6.07, 6.45) is 3.40. The highest BCUT2D eigenvalue weighted by Crippen LogP contribution is 2.23. The number of aromatic nitrogens is 4. The van der Waals surface area contributed by atoms with E-state index in [1.807, 2.05) is 44.2 Å². The first-order chi connectivity index (χ1) is 12.5. The van der Waals surface area contributed by atoms with Crippen LogP contribution in [0.5, 0.6) is 0 Å². The van der Waals surface area contributed by atoms with E-state index in [9.17, 15) is 4.79 Å². The summed E-state index contributed by atoms with van der Waals surface area (Å²) < 4.78 is 3.30. The zero-order chi connectivity index (χ0) is 18.3. The van der Waals surface area contributed by atoms with Crippen molar-refractivity contribution in [1.82, 2.24) is 19.4 Å². The molecule has 1 amide bonds. The number of carbonyl (C=O) groups excluding carboxylic acids is 1. The Morgan fingerprint density at radius 2 is 2.00 bits per heavy atom. The molecule has 3 N–H and O–H groups in total. The van der Waals surface area contributed by atoms with Crippen LogP contribution in [0.3, 0.4) is 0 Å². The van der Waals surface area contributed by atoms with Gasteiger partial charge < -0.3 is 11.1 Å². The van der Waals surface area contributed by atoms with Gasteiger partial charge in [0.05, 0.1) is 17.4 Å². The lowest BCUT2D eigenvalue weighted by Gasteiger charge is -2.12. The van der Waals surface area contributed by atoms with E-state index < -0.39 is 0 Å². The van der Waals surface area contributed by atoms with E-state index in [2.05, 4.69) is 15.5 Å². The molecule has 3 heterocycles. The number of nitrogens with two attached hydrogens (primary N) is 1. The highest BCUT2D eigenvalue weighted by Gasteiger charge is 2.19. The number of aryl methyl sites for hydroxylation is 2. The molecule has 0 aliphatic carbocycles. The predicted molar refractivity (Wildman–Crippen MR) is 101 cm³/mol. The number of nitrogens with zero attached hydrogens (tertiary/aromatic N) is 4. The van der Waals surface area contributed by atoms with E-state index in [-0.39, 0.29) is 11.7 Å².